The molecule has 1 aliphatic heterocycles. The smallest absolute Gasteiger partial charge is 0.271 e. The number of anilines is 1. The van der Waals surface area contributed by atoms with Gasteiger partial charge >= 0.3 is 0 Å². The van der Waals surface area contributed by atoms with Gasteiger partial charge in [0.1, 0.15) is 5.75 Å². The summed E-state index contributed by atoms with van der Waals surface area (Å²) in [5.74, 6) is 0.0672. The highest BCUT2D eigenvalue weighted by atomic mass is 35.5. The number of ether oxygens (including phenoxy) is 1. The maximum Gasteiger partial charge on any atom is 0.271 e. The Kier molecular flexibility index (Phi) is 4.40. The Morgan fingerprint density at radius 3 is 2.83 bits per heavy atom. The minimum atomic E-state index is -0.538. The zero-order valence-corrected chi connectivity index (χ0v) is 13.7. The van der Waals surface area contributed by atoms with E-state index in [1.807, 2.05) is 31.2 Å². The molecule has 124 valence electrons. The summed E-state index contributed by atoms with van der Waals surface area (Å²) in [6.45, 7) is 1.80. The molecule has 1 amide bonds. The molecule has 2 aromatic carbocycles. The van der Waals surface area contributed by atoms with Crippen molar-refractivity contribution in [2.45, 2.75) is 19.4 Å². The van der Waals surface area contributed by atoms with E-state index in [9.17, 15) is 14.9 Å². The number of carbonyl (C=O) groups excluding carboxylic acids is 1. The number of nitro groups is 1. The lowest BCUT2D eigenvalue weighted by Gasteiger charge is -2.22. The van der Waals surface area contributed by atoms with E-state index in [0.717, 1.165) is 17.7 Å². The molecule has 6 nitrogen and oxygen atoms in total. The summed E-state index contributed by atoms with van der Waals surface area (Å²) >= 11 is 5.97. The van der Waals surface area contributed by atoms with Gasteiger partial charge in [0.05, 0.1) is 9.95 Å². The molecule has 1 atom stereocenters. The van der Waals surface area contributed by atoms with Gasteiger partial charge in [0.25, 0.3) is 11.6 Å². The Morgan fingerprint density at radius 2 is 2.12 bits per heavy atom. The first-order valence-electron chi connectivity index (χ1n) is 7.44. The fraction of sp³-hybridized carbons (Fsp3) is 0.235. The average Bonchev–Trinajstić information content (AvgIpc) is 2.89. The van der Waals surface area contributed by atoms with Crippen molar-refractivity contribution in [1.29, 1.82) is 0 Å². The minimum absolute atomic E-state index is 0.0610. The maximum absolute atomic E-state index is 12.5. The van der Waals surface area contributed by atoms with Gasteiger partial charge in [-0.2, -0.15) is 0 Å². The van der Waals surface area contributed by atoms with Crippen LogP contribution < -0.4 is 9.64 Å². The maximum atomic E-state index is 12.5. The Morgan fingerprint density at radius 1 is 1.38 bits per heavy atom. The van der Waals surface area contributed by atoms with Gasteiger partial charge in [-0.15, -0.1) is 0 Å². The van der Waals surface area contributed by atoms with E-state index in [4.69, 9.17) is 16.3 Å². The summed E-state index contributed by atoms with van der Waals surface area (Å²) in [4.78, 5) is 24.4. The molecule has 7 heteroatoms. The van der Waals surface area contributed by atoms with Gasteiger partial charge in [0, 0.05) is 23.9 Å². The predicted octanol–water partition coefficient (Wildman–Crippen LogP) is 3.60. The standard InChI is InChI=1S/C17H15ClN2O4/c1-11-8-12-4-2-3-5-15(12)19(11)17(21)10-24-16-7-6-13(20(22)23)9-14(16)18/h2-7,9,11H,8,10H2,1H3. The SMILES string of the molecule is CC1Cc2ccccc2N1C(=O)COc1ccc([N+](=O)[O-])cc1Cl. The second kappa shape index (κ2) is 6.49. The highest BCUT2D eigenvalue weighted by molar-refractivity contribution is 6.32. The number of rotatable bonds is 4. The molecule has 0 radical (unpaired) electrons. The van der Waals surface area contributed by atoms with Crippen molar-refractivity contribution in [3.8, 4) is 5.75 Å². The van der Waals surface area contributed by atoms with E-state index in [1.54, 1.807) is 4.90 Å². The first-order chi connectivity index (χ1) is 11.5. The van der Waals surface area contributed by atoms with Crippen LogP contribution in [0.25, 0.3) is 0 Å². The van der Waals surface area contributed by atoms with Crippen molar-refractivity contribution in [1.82, 2.24) is 0 Å². The van der Waals surface area contributed by atoms with Crippen LogP contribution in [0.3, 0.4) is 0 Å². The summed E-state index contributed by atoms with van der Waals surface area (Å²) in [7, 11) is 0. The molecule has 0 spiro atoms. The van der Waals surface area contributed by atoms with E-state index in [2.05, 4.69) is 0 Å². The Bertz CT molecular complexity index is 809. The van der Waals surface area contributed by atoms with Gasteiger partial charge < -0.3 is 9.64 Å². The average molecular weight is 347 g/mol. The molecule has 24 heavy (non-hydrogen) atoms. The van der Waals surface area contributed by atoms with Crippen LogP contribution in [0.5, 0.6) is 5.75 Å². The molecule has 0 aliphatic carbocycles. The fourth-order valence-electron chi connectivity index (χ4n) is 2.87. The van der Waals surface area contributed by atoms with Crippen LogP contribution >= 0.6 is 11.6 Å². The third-order valence-corrected chi connectivity index (χ3v) is 4.25. The van der Waals surface area contributed by atoms with Gasteiger partial charge in [0.2, 0.25) is 0 Å². The monoisotopic (exact) mass is 346 g/mol. The molecule has 0 fully saturated rings. The van der Waals surface area contributed by atoms with E-state index in [-0.39, 0.29) is 35.0 Å². The van der Waals surface area contributed by atoms with Crippen molar-refractivity contribution in [3.05, 3.63) is 63.2 Å². The van der Waals surface area contributed by atoms with E-state index < -0.39 is 4.92 Å². The van der Waals surface area contributed by atoms with Gasteiger partial charge in [0.15, 0.2) is 6.61 Å². The third-order valence-electron chi connectivity index (χ3n) is 3.95. The molecule has 0 bridgehead atoms. The molecule has 0 saturated carbocycles. The van der Waals surface area contributed by atoms with Crippen LogP contribution in [-0.4, -0.2) is 23.5 Å². The summed E-state index contributed by atoms with van der Waals surface area (Å²) in [6, 6.07) is 11.7. The molecule has 1 heterocycles. The van der Waals surface area contributed by atoms with Crippen LogP contribution in [0, 0.1) is 10.1 Å². The number of hydrogen-bond donors (Lipinski definition) is 0. The Balaban J connectivity index is 1.71. The topological polar surface area (TPSA) is 72.7 Å². The summed E-state index contributed by atoms with van der Waals surface area (Å²) in [6.07, 6.45) is 0.806. The number of amides is 1. The second-order valence-corrected chi connectivity index (χ2v) is 6.01. The number of hydrogen-bond acceptors (Lipinski definition) is 4. The molecule has 2 aromatic rings. The molecule has 0 aromatic heterocycles. The number of halogens is 1. The van der Waals surface area contributed by atoms with Crippen molar-refractivity contribution in [2.75, 3.05) is 11.5 Å². The summed E-state index contributed by atoms with van der Waals surface area (Å²) in [5.41, 5.74) is 1.90. The lowest BCUT2D eigenvalue weighted by molar-refractivity contribution is -0.384. The minimum Gasteiger partial charge on any atom is -0.482 e. The van der Waals surface area contributed by atoms with Crippen LogP contribution in [0.2, 0.25) is 5.02 Å². The van der Waals surface area contributed by atoms with E-state index in [0.29, 0.717) is 0 Å². The number of nitrogens with zero attached hydrogens (tertiary/aromatic N) is 2. The number of fused-ring (bicyclic) bond motifs is 1. The van der Waals surface area contributed by atoms with Gasteiger partial charge in [-0.3, -0.25) is 14.9 Å². The fourth-order valence-corrected chi connectivity index (χ4v) is 3.10. The molecule has 1 aliphatic rings. The Labute approximate surface area is 143 Å². The number of para-hydroxylation sites is 1. The highest BCUT2D eigenvalue weighted by Gasteiger charge is 2.30. The van der Waals surface area contributed by atoms with Gasteiger partial charge in [-0.05, 0) is 31.0 Å². The molecule has 1 unspecified atom stereocenters. The number of nitro benzene ring substituents is 1. The van der Waals surface area contributed by atoms with Gasteiger partial charge in [-0.25, -0.2) is 0 Å². The first kappa shape index (κ1) is 16.3. The number of non-ortho nitro benzene ring substituents is 1. The Hall–Kier alpha value is -2.60. The van der Waals surface area contributed by atoms with Crippen molar-refractivity contribution in [2.24, 2.45) is 0 Å². The summed E-state index contributed by atoms with van der Waals surface area (Å²) < 4.78 is 5.46. The van der Waals surface area contributed by atoms with Crippen LogP contribution in [0.15, 0.2) is 42.5 Å². The predicted molar refractivity (Wildman–Crippen MR) is 90.7 cm³/mol. The molecular weight excluding hydrogens is 332 g/mol. The third kappa shape index (κ3) is 3.05. The number of benzene rings is 2. The highest BCUT2D eigenvalue weighted by Crippen LogP contribution is 2.32. The first-order valence-corrected chi connectivity index (χ1v) is 7.82. The van der Waals surface area contributed by atoms with Crippen LogP contribution in [0.1, 0.15) is 12.5 Å². The van der Waals surface area contributed by atoms with E-state index >= 15 is 0 Å². The normalized spacial score (nSPS) is 15.9. The molecule has 3 rings (SSSR count). The lowest BCUT2D eigenvalue weighted by atomic mass is 10.1. The van der Waals surface area contributed by atoms with E-state index in [1.165, 1.54) is 18.2 Å². The molecule has 0 N–H and O–H groups in total. The molecular formula is C17H15ClN2O4. The summed E-state index contributed by atoms with van der Waals surface area (Å²) in [5, 5.41) is 10.8. The van der Waals surface area contributed by atoms with Crippen LogP contribution in [0.4, 0.5) is 11.4 Å². The van der Waals surface area contributed by atoms with Crippen molar-refractivity contribution >= 4 is 28.9 Å². The quantitative estimate of drug-likeness (QED) is 0.626. The number of carbonyl (C=O) groups is 1. The van der Waals surface area contributed by atoms with Gasteiger partial charge in [-0.1, -0.05) is 29.8 Å². The second-order valence-electron chi connectivity index (χ2n) is 5.61. The van der Waals surface area contributed by atoms with Crippen molar-refractivity contribution < 1.29 is 14.5 Å². The van der Waals surface area contributed by atoms with Crippen molar-refractivity contribution in [3.63, 3.8) is 0 Å². The van der Waals surface area contributed by atoms with Crippen LogP contribution in [-0.2, 0) is 11.2 Å². The zero-order chi connectivity index (χ0) is 17.3. The lowest BCUT2D eigenvalue weighted by Crippen LogP contribution is -2.39. The molecule has 0 saturated heterocycles. The largest absolute Gasteiger partial charge is 0.482 e. The zero-order valence-electron chi connectivity index (χ0n) is 12.9.